The quantitative estimate of drug-likeness (QED) is 0.521. The average Bonchev–Trinajstić information content (AvgIpc) is 3.23. The fourth-order valence-corrected chi connectivity index (χ4v) is 5.27. The van der Waals surface area contributed by atoms with Gasteiger partial charge in [-0.3, -0.25) is 19.5 Å². The Balaban J connectivity index is 1.75. The number of aromatic amines is 1. The smallest absolute Gasteiger partial charge is 0.287 e. The molecule has 0 aliphatic carbocycles. The van der Waals surface area contributed by atoms with Crippen molar-refractivity contribution in [3.63, 3.8) is 0 Å². The van der Waals surface area contributed by atoms with Gasteiger partial charge in [0.15, 0.2) is 5.78 Å². The van der Waals surface area contributed by atoms with Crippen LogP contribution in [-0.4, -0.2) is 48.7 Å². The summed E-state index contributed by atoms with van der Waals surface area (Å²) in [6.45, 7) is 3.74. The van der Waals surface area contributed by atoms with E-state index >= 15 is 0 Å². The van der Waals surface area contributed by atoms with Crippen LogP contribution < -0.4 is 10.0 Å². The van der Waals surface area contributed by atoms with Crippen LogP contribution in [0.3, 0.4) is 0 Å². The molecule has 9 nitrogen and oxygen atoms in total. The van der Waals surface area contributed by atoms with Gasteiger partial charge in [0.25, 0.3) is 5.91 Å². The lowest BCUT2D eigenvalue weighted by Gasteiger charge is -2.23. The number of carbonyl (C=O) groups excluding carboxylic acids is 3. The van der Waals surface area contributed by atoms with Gasteiger partial charge in [-0.05, 0) is 43.4 Å². The first-order chi connectivity index (χ1) is 15.7. The van der Waals surface area contributed by atoms with Gasteiger partial charge in [0.1, 0.15) is 0 Å². The van der Waals surface area contributed by atoms with Crippen molar-refractivity contribution in [3.05, 3.63) is 47.8 Å². The van der Waals surface area contributed by atoms with Crippen molar-refractivity contribution in [2.45, 2.75) is 56.9 Å². The molecule has 1 aliphatic heterocycles. The predicted octanol–water partition coefficient (Wildman–Crippen LogP) is 1.55. The molecule has 2 atom stereocenters. The Morgan fingerprint density at radius 1 is 1.18 bits per heavy atom. The number of aryl methyl sites for hydroxylation is 1. The van der Waals surface area contributed by atoms with Gasteiger partial charge < -0.3 is 5.32 Å². The minimum Gasteiger partial charge on any atom is -0.349 e. The number of Topliss-reactive ketones (excluding diaryl/α,β-unsaturated/α-hetero) is 2. The maximum Gasteiger partial charge on any atom is 0.287 e. The maximum atomic E-state index is 13.2. The lowest BCUT2D eigenvalue weighted by molar-refractivity contribution is -0.141. The minimum atomic E-state index is -3.92. The van der Waals surface area contributed by atoms with Gasteiger partial charge in [-0.1, -0.05) is 32.0 Å². The first-order valence-corrected chi connectivity index (χ1v) is 12.6. The van der Waals surface area contributed by atoms with E-state index in [0.29, 0.717) is 25.7 Å². The summed E-state index contributed by atoms with van der Waals surface area (Å²) >= 11 is 0. The van der Waals surface area contributed by atoms with Gasteiger partial charge >= 0.3 is 0 Å². The number of nitrogens with zero attached hydrogens (tertiary/aromatic N) is 1. The van der Waals surface area contributed by atoms with Crippen molar-refractivity contribution < 1.29 is 22.8 Å². The summed E-state index contributed by atoms with van der Waals surface area (Å²) in [5.41, 5.74) is 1.75. The molecular formula is C23H30N4O5S. The molecule has 2 bridgehead atoms. The van der Waals surface area contributed by atoms with E-state index in [-0.39, 0.29) is 23.8 Å². The molecule has 0 fully saturated rings. The fourth-order valence-electron chi connectivity index (χ4n) is 3.89. The first kappa shape index (κ1) is 24.8. The van der Waals surface area contributed by atoms with Crippen LogP contribution in [0.2, 0.25) is 0 Å². The number of aromatic nitrogens is 2. The van der Waals surface area contributed by atoms with E-state index < -0.39 is 39.5 Å². The SMILES string of the molecule is CC(C)C(NS(=O)(=O)c1ccccc1)C(=O)CC1CCCc2cc(n[nH]2)CCNC(=O)C1=O. The zero-order valence-electron chi connectivity index (χ0n) is 18.8. The van der Waals surface area contributed by atoms with Crippen LogP contribution in [0.1, 0.15) is 44.5 Å². The minimum absolute atomic E-state index is 0.0591. The first-order valence-electron chi connectivity index (χ1n) is 11.1. The zero-order valence-corrected chi connectivity index (χ0v) is 19.7. The molecule has 1 amide bonds. The van der Waals surface area contributed by atoms with Crippen molar-refractivity contribution in [1.29, 1.82) is 0 Å². The molecule has 0 saturated carbocycles. The summed E-state index contributed by atoms with van der Waals surface area (Å²) in [4.78, 5) is 38.4. The highest BCUT2D eigenvalue weighted by Crippen LogP contribution is 2.20. The van der Waals surface area contributed by atoms with E-state index in [0.717, 1.165) is 11.4 Å². The summed E-state index contributed by atoms with van der Waals surface area (Å²) < 4.78 is 28.0. The lowest BCUT2D eigenvalue weighted by Crippen LogP contribution is -2.46. The van der Waals surface area contributed by atoms with Gasteiger partial charge in [-0.2, -0.15) is 5.10 Å². The van der Waals surface area contributed by atoms with Crippen LogP contribution in [0.15, 0.2) is 41.3 Å². The number of ketones is 2. The second-order valence-corrected chi connectivity index (χ2v) is 10.4. The Morgan fingerprint density at radius 3 is 2.61 bits per heavy atom. The number of hydrogen-bond donors (Lipinski definition) is 3. The van der Waals surface area contributed by atoms with Crippen LogP contribution in [0, 0.1) is 11.8 Å². The molecule has 1 aromatic heterocycles. The molecule has 178 valence electrons. The highest BCUT2D eigenvalue weighted by molar-refractivity contribution is 7.89. The van der Waals surface area contributed by atoms with E-state index in [9.17, 15) is 22.8 Å². The average molecular weight is 475 g/mol. The third-order valence-electron chi connectivity index (χ3n) is 5.74. The van der Waals surface area contributed by atoms with Crippen LogP contribution in [0.4, 0.5) is 0 Å². The predicted molar refractivity (Wildman–Crippen MR) is 122 cm³/mol. The van der Waals surface area contributed by atoms with Crippen LogP contribution in [0.5, 0.6) is 0 Å². The van der Waals surface area contributed by atoms with Gasteiger partial charge in [-0.25, -0.2) is 13.1 Å². The number of rotatable bonds is 7. The zero-order chi connectivity index (χ0) is 24.0. The van der Waals surface area contributed by atoms with Gasteiger partial charge in [0.05, 0.1) is 16.6 Å². The Hall–Kier alpha value is -2.85. The van der Waals surface area contributed by atoms with E-state index in [1.54, 1.807) is 32.0 Å². The molecule has 2 unspecified atom stereocenters. The molecule has 10 heteroatoms. The Morgan fingerprint density at radius 2 is 1.91 bits per heavy atom. The van der Waals surface area contributed by atoms with Crippen LogP contribution in [0.25, 0.3) is 0 Å². The number of hydrogen-bond acceptors (Lipinski definition) is 6. The highest BCUT2D eigenvalue weighted by Gasteiger charge is 2.33. The Labute approximate surface area is 193 Å². The van der Waals surface area contributed by atoms with E-state index in [2.05, 4.69) is 20.2 Å². The van der Waals surface area contributed by atoms with Gasteiger partial charge in [-0.15, -0.1) is 0 Å². The van der Waals surface area contributed by atoms with Crippen molar-refractivity contribution in [2.24, 2.45) is 11.8 Å². The molecule has 2 aromatic rings. The molecule has 0 saturated heterocycles. The van der Waals surface area contributed by atoms with Crippen molar-refractivity contribution in [3.8, 4) is 0 Å². The molecule has 0 spiro atoms. The molecule has 3 rings (SSSR count). The van der Waals surface area contributed by atoms with Gasteiger partial charge in [0, 0.05) is 31.0 Å². The molecule has 33 heavy (non-hydrogen) atoms. The molecule has 1 aromatic carbocycles. The summed E-state index contributed by atoms with van der Waals surface area (Å²) in [7, 11) is -3.92. The van der Waals surface area contributed by atoms with Crippen molar-refractivity contribution in [1.82, 2.24) is 20.2 Å². The monoisotopic (exact) mass is 474 g/mol. The van der Waals surface area contributed by atoms with Crippen LogP contribution in [-0.2, 0) is 37.2 Å². The standard InChI is InChI=1S/C23H30N4O5S/c1-15(2)21(27-33(31,32)19-9-4-3-5-10-19)20(28)13-16-7-6-8-17-14-18(26-25-17)11-12-24-23(30)22(16)29/h3-5,9-10,14-16,21,27H,6-8,11-13H2,1-2H3,(H,24,30)(H,25,26). The second kappa shape index (κ2) is 10.8. The van der Waals surface area contributed by atoms with E-state index in [1.165, 1.54) is 12.1 Å². The van der Waals surface area contributed by atoms with E-state index in [1.807, 2.05) is 6.07 Å². The van der Waals surface area contributed by atoms with E-state index in [4.69, 9.17) is 0 Å². The summed E-state index contributed by atoms with van der Waals surface area (Å²) in [5.74, 6) is -2.94. The molecule has 3 N–H and O–H groups in total. The number of fused-ring (bicyclic) bond motifs is 2. The summed E-state index contributed by atoms with van der Waals surface area (Å²) in [5, 5.41) is 9.75. The second-order valence-electron chi connectivity index (χ2n) is 8.67. The largest absolute Gasteiger partial charge is 0.349 e. The molecule has 2 heterocycles. The molecular weight excluding hydrogens is 444 g/mol. The van der Waals surface area contributed by atoms with Crippen molar-refractivity contribution >= 4 is 27.5 Å². The van der Waals surface area contributed by atoms with Crippen LogP contribution >= 0.6 is 0 Å². The fraction of sp³-hybridized carbons (Fsp3) is 0.478. The molecule has 1 aliphatic rings. The Kier molecular flexibility index (Phi) is 8.15. The number of sulfonamides is 1. The number of carbonyl (C=O) groups is 3. The third-order valence-corrected chi connectivity index (χ3v) is 7.20. The third kappa shape index (κ3) is 6.58. The highest BCUT2D eigenvalue weighted by atomic mass is 32.2. The number of benzene rings is 1. The number of nitrogens with one attached hydrogen (secondary N) is 3. The Bertz CT molecular complexity index is 1100. The van der Waals surface area contributed by atoms with Gasteiger partial charge in [0.2, 0.25) is 15.8 Å². The summed E-state index contributed by atoms with van der Waals surface area (Å²) in [6.07, 6.45) is 1.85. The maximum absolute atomic E-state index is 13.2. The number of amides is 1. The lowest BCUT2D eigenvalue weighted by atomic mass is 9.87. The normalized spacial score (nSPS) is 18.8. The van der Waals surface area contributed by atoms with Crippen molar-refractivity contribution in [2.75, 3.05) is 6.54 Å². The molecule has 0 radical (unpaired) electrons. The number of H-pyrrole nitrogens is 1. The summed E-state index contributed by atoms with van der Waals surface area (Å²) in [6, 6.07) is 8.73. The topological polar surface area (TPSA) is 138 Å².